The molecule has 4 aromatic rings. The number of carbonyl (C=O) groups excluding carboxylic acids is 1. The second-order valence-corrected chi connectivity index (χ2v) is 8.86. The number of nitrogens with zero attached hydrogens (tertiary/aromatic N) is 4. The number of imidazole rings is 1. The lowest BCUT2D eigenvalue weighted by atomic mass is 10.1. The molecule has 7 nitrogen and oxygen atoms in total. The molecule has 0 spiro atoms. The normalized spacial score (nSPS) is 19.3. The molecule has 1 fully saturated rings. The Bertz CT molecular complexity index is 1290. The van der Waals surface area contributed by atoms with Crippen LogP contribution in [0.4, 0.5) is 15.8 Å². The van der Waals surface area contributed by atoms with Crippen LogP contribution < -0.4 is 15.5 Å². The van der Waals surface area contributed by atoms with Crippen molar-refractivity contribution < 1.29 is 9.18 Å². The Balaban J connectivity index is 1.47. The molecule has 5 rings (SSSR count). The number of carbonyl (C=O) groups is 1. The molecule has 0 bridgehead atoms. The Hall–Kier alpha value is -3.04. The van der Waals surface area contributed by atoms with Gasteiger partial charge < -0.3 is 19.9 Å². The fraction of sp³-hybridized carbons (Fsp3) is 0.318. The van der Waals surface area contributed by atoms with Gasteiger partial charge in [0.05, 0.1) is 22.5 Å². The van der Waals surface area contributed by atoms with Crippen LogP contribution in [0, 0.1) is 12.7 Å². The highest BCUT2D eigenvalue weighted by atomic mass is 32.1. The van der Waals surface area contributed by atoms with Crippen molar-refractivity contribution in [1.82, 2.24) is 19.1 Å². The summed E-state index contributed by atoms with van der Waals surface area (Å²) in [7, 11) is 0. The fourth-order valence-electron chi connectivity index (χ4n) is 4.37. The summed E-state index contributed by atoms with van der Waals surface area (Å²) >= 11 is 1.33. The fourth-order valence-corrected chi connectivity index (χ4v) is 5.06. The summed E-state index contributed by atoms with van der Waals surface area (Å²) in [6.45, 7) is 7.93. The average Bonchev–Trinajstić information content (AvgIpc) is 3.33. The van der Waals surface area contributed by atoms with Crippen molar-refractivity contribution in [2.45, 2.75) is 32.9 Å². The standard InChI is InChI=1S/C22H23FN6OS/c1-12-7-28(8-13(2)24-12)19-5-4-16(20-17(19)11-31-27-20)22(30)26-15-6-18(23)21-25-14(3)9-29(21)10-15/h4-6,9-13,24H,7-8H2,1-3H3,(H,26,30). The molecule has 2 N–H and O–H groups in total. The molecule has 160 valence electrons. The third-order valence-electron chi connectivity index (χ3n) is 5.54. The van der Waals surface area contributed by atoms with Crippen LogP contribution in [0.25, 0.3) is 16.6 Å². The lowest BCUT2D eigenvalue weighted by Gasteiger charge is -2.38. The molecule has 31 heavy (non-hydrogen) atoms. The van der Waals surface area contributed by atoms with Gasteiger partial charge in [-0.05, 0) is 44.4 Å². The summed E-state index contributed by atoms with van der Waals surface area (Å²) in [5.41, 5.74) is 3.53. The van der Waals surface area contributed by atoms with Crippen molar-refractivity contribution in [2.75, 3.05) is 23.3 Å². The number of piperazine rings is 1. The van der Waals surface area contributed by atoms with E-state index in [0.717, 1.165) is 24.2 Å². The first-order chi connectivity index (χ1) is 14.9. The van der Waals surface area contributed by atoms with Crippen LogP contribution in [0.5, 0.6) is 0 Å². The van der Waals surface area contributed by atoms with Gasteiger partial charge in [-0.1, -0.05) is 0 Å². The van der Waals surface area contributed by atoms with Crippen LogP contribution in [0.2, 0.25) is 0 Å². The van der Waals surface area contributed by atoms with E-state index in [1.807, 2.05) is 11.4 Å². The maximum Gasteiger partial charge on any atom is 0.257 e. The lowest BCUT2D eigenvalue weighted by Crippen LogP contribution is -2.54. The Morgan fingerprint density at radius 3 is 2.81 bits per heavy atom. The zero-order valence-corrected chi connectivity index (χ0v) is 18.3. The summed E-state index contributed by atoms with van der Waals surface area (Å²) in [4.78, 5) is 19.5. The van der Waals surface area contributed by atoms with E-state index in [1.165, 1.54) is 17.6 Å². The number of hydrogen-bond acceptors (Lipinski definition) is 6. The number of halogens is 1. The van der Waals surface area contributed by atoms with E-state index in [9.17, 15) is 9.18 Å². The van der Waals surface area contributed by atoms with Crippen molar-refractivity contribution >= 4 is 45.4 Å². The summed E-state index contributed by atoms with van der Waals surface area (Å²) in [6, 6.07) is 5.84. The average molecular weight is 439 g/mol. The quantitative estimate of drug-likeness (QED) is 0.509. The van der Waals surface area contributed by atoms with E-state index in [0.29, 0.717) is 34.5 Å². The minimum atomic E-state index is -0.484. The van der Waals surface area contributed by atoms with Crippen molar-refractivity contribution in [3.05, 3.63) is 53.0 Å². The maximum absolute atomic E-state index is 14.4. The molecule has 3 aromatic heterocycles. The van der Waals surface area contributed by atoms with Gasteiger partial charge in [-0.25, -0.2) is 9.37 Å². The van der Waals surface area contributed by atoms with Gasteiger partial charge in [-0.3, -0.25) is 4.79 Å². The summed E-state index contributed by atoms with van der Waals surface area (Å²) in [5, 5.41) is 9.30. The monoisotopic (exact) mass is 438 g/mol. The molecule has 9 heteroatoms. The van der Waals surface area contributed by atoms with Gasteiger partial charge in [-0.2, -0.15) is 4.37 Å². The van der Waals surface area contributed by atoms with E-state index in [2.05, 4.69) is 38.7 Å². The molecule has 1 aliphatic heterocycles. The Labute approximate surface area is 183 Å². The summed E-state index contributed by atoms with van der Waals surface area (Å²) in [5.74, 6) is -0.804. The first-order valence-corrected chi connectivity index (χ1v) is 11.1. The van der Waals surface area contributed by atoms with Gasteiger partial charge in [0, 0.05) is 60.1 Å². The molecule has 1 amide bonds. The van der Waals surface area contributed by atoms with Crippen molar-refractivity contribution in [3.8, 4) is 0 Å². The third kappa shape index (κ3) is 3.64. The zero-order valence-electron chi connectivity index (χ0n) is 17.5. The van der Waals surface area contributed by atoms with Crippen LogP contribution >= 0.6 is 11.5 Å². The second-order valence-electron chi connectivity index (χ2n) is 8.23. The SMILES string of the molecule is Cc1cn2cc(NC(=O)c3ccc(N4CC(C)NC(C)C4)c4csnc34)cc(F)c2n1. The molecular weight excluding hydrogens is 415 g/mol. The molecule has 4 heterocycles. The molecule has 1 aliphatic rings. The van der Waals surface area contributed by atoms with E-state index < -0.39 is 5.82 Å². The predicted molar refractivity (Wildman–Crippen MR) is 122 cm³/mol. The number of aromatic nitrogens is 3. The highest BCUT2D eigenvalue weighted by Gasteiger charge is 2.24. The minimum Gasteiger partial charge on any atom is -0.368 e. The maximum atomic E-state index is 14.4. The molecule has 0 radical (unpaired) electrons. The van der Waals surface area contributed by atoms with E-state index in [4.69, 9.17) is 0 Å². The highest BCUT2D eigenvalue weighted by molar-refractivity contribution is 7.05. The van der Waals surface area contributed by atoms with Crippen molar-refractivity contribution in [3.63, 3.8) is 0 Å². The molecule has 0 aliphatic carbocycles. The van der Waals surface area contributed by atoms with Crippen LogP contribution in [0.1, 0.15) is 29.9 Å². The molecule has 0 saturated carbocycles. The molecular formula is C22H23FN6OS. The Kier molecular flexibility index (Phi) is 4.86. The largest absolute Gasteiger partial charge is 0.368 e. The number of fused-ring (bicyclic) bond motifs is 2. The smallest absolute Gasteiger partial charge is 0.257 e. The van der Waals surface area contributed by atoms with E-state index in [-0.39, 0.29) is 11.6 Å². The molecule has 1 saturated heterocycles. The van der Waals surface area contributed by atoms with E-state index >= 15 is 0 Å². The number of pyridine rings is 1. The van der Waals surface area contributed by atoms with Crippen molar-refractivity contribution in [2.24, 2.45) is 0 Å². The number of benzene rings is 1. The Morgan fingerprint density at radius 1 is 1.26 bits per heavy atom. The highest BCUT2D eigenvalue weighted by Crippen LogP contribution is 2.32. The Morgan fingerprint density at radius 2 is 2.03 bits per heavy atom. The molecule has 2 unspecified atom stereocenters. The first kappa shape index (κ1) is 19.9. The topological polar surface area (TPSA) is 74.6 Å². The summed E-state index contributed by atoms with van der Waals surface area (Å²) < 4.78 is 20.5. The molecule has 1 aromatic carbocycles. The summed E-state index contributed by atoms with van der Waals surface area (Å²) in [6.07, 6.45) is 3.38. The minimum absolute atomic E-state index is 0.237. The third-order valence-corrected chi connectivity index (χ3v) is 6.17. The van der Waals surface area contributed by atoms with Crippen LogP contribution in [0.15, 0.2) is 36.0 Å². The number of anilines is 2. The second kappa shape index (κ2) is 7.58. The molecule has 2 atom stereocenters. The van der Waals surface area contributed by atoms with Crippen molar-refractivity contribution in [1.29, 1.82) is 0 Å². The van der Waals surface area contributed by atoms with Crippen LogP contribution in [-0.4, -0.2) is 44.8 Å². The van der Waals surface area contributed by atoms with Gasteiger partial charge in [0.2, 0.25) is 0 Å². The van der Waals surface area contributed by atoms with Gasteiger partial charge in [0.15, 0.2) is 11.5 Å². The van der Waals surface area contributed by atoms with Gasteiger partial charge in [-0.15, -0.1) is 0 Å². The number of hydrogen-bond donors (Lipinski definition) is 2. The first-order valence-electron chi connectivity index (χ1n) is 10.2. The number of aryl methyl sites for hydroxylation is 1. The van der Waals surface area contributed by atoms with Gasteiger partial charge in [0.1, 0.15) is 0 Å². The number of amides is 1. The van der Waals surface area contributed by atoms with Crippen LogP contribution in [0.3, 0.4) is 0 Å². The number of nitrogens with one attached hydrogen (secondary N) is 2. The van der Waals surface area contributed by atoms with Crippen LogP contribution in [-0.2, 0) is 0 Å². The number of rotatable bonds is 3. The van der Waals surface area contributed by atoms with Gasteiger partial charge in [0.25, 0.3) is 5.91 Å². The zero-order chi connectivity index (χ0) is 21.7. The van der Waals surface area contributed by atoms with E-state index in [1.54, 1.807) is 29.8 Å². The lowest BCUT2D eigenvalue weighted by molar-refractivity contribution is 0.102. The van der Waals surface area contributed by atoms with Gasteiger partial charge >= 0.3 is 0 Å². The predicted octanol–water partition coefficient (Wildman–Crippen LogP) is 3.83.